The van der Waals surface area contributed by atoms with Gasteiger partial charge in [0, 0.05) is 32.2 Å². The zero-order valence-electron chi connectivity index (χ0n) is 17.5. The monoisotopic (exact) mass is 472 g/mol. The third-order valence-electron chi connectivity index (χ3n) is 4.97. The summed E-state index contributed by atoms with van der Waals surface area (Å²) in [6.07, 6.45) is 0.483. The van der Waals surface area contributed by atoms with Crippen LogP contribution in [-0.2, 0) is 21.0 Å². The van der Waals surface area contributed by atoms with Crippen LogP contribution in [0.2, 0.25) is 0 Å². The summed E-state index contributed by atoms with van der Waals surface area (Å²) in [4.78, 5) is 0.395. The van der Waals surface area contributed by atoms with Crippen molar-refractivity contribution in [2.45, 2.75) is 16.2 Å². The van der Waals surface area contributed by atoms with Gasteiger partial charge in [-0.15, -0.1) is 0 Å². The van der Waals surface area contributed by atoms with Gasteiger partial charge in [0.25, 0.3) is 0 Å². The molecule has 1 unspecified atom stereocenters. The third kappa shape index (κ3) is 5.00. The van der Waals surface area contributed by atoms with Gasteiger partial charge in [-0.3, -0.25) is 0 Å². The summed E-state index contributed by atoms with van der Waals surface area (Å²) in [6, 6.07) is 8.59. The average Bonchev–Trinajstić information content (AvgIpc) is 3.05. The summed E-state index contributed by atoms with van der Waals surface area (Å²) in [5.74, 6) is 0.234. The number of nitrogens with zero attached hydrogens (tertiary/aromatic N) is 2. The summed E-state index contributed by atoms with van der Waals surface area (Å²) in [5, 5.41) is 0. The first kappa shape index (κ1) is 23.5. The minimum atomic E-state index is -3.89. The van der Waals surface area contributed by atoms with E-state index in [9.17, 15) is 17.0 Å². The van der Waals surface area contributed by atoms with Gasteiger partial charge in [-0.25, -0.2) is 21.3 Å². The molecule has 1 heterocycles. The number of hydrogen-bond acceptors (Lipinski definition) is 6. The molecule has 0 amide bonds. The van der Waals surface area contributed by atoms with Gasteiger partial charge in [0.15, 0.2) is 23.1 Å². The maximum Gasteiger partial charge on any atom is 0.243 e. The Morgan fingerprint density at radius 2 is 1.55 bits per heavy atom. The molecule has 2 aromatic rings. The van der Waals surface area contributed by atoms with E-state index >= 15 is 0 Å². The second-order valence-electron chi connectivity index (χ2n) is 6.75. The number of sulfonamides is 1. The van der Waals surface area contributed by atoms with E-state index in [1.807, 2.05) is 0 Å². The Kier molecular flexibility index (Phi) is 7.52. The molecule has 1 aliphatic heterocycles. The van der Waals surface area contributed by atoms with Gasteiger partial charge < -0.3 is 14.2 Å². The molecular formula is C20H25FN2O6S2. The molecule has 31 heavy (non-hydrogen) atoms. The predicted molar refractivity (Wildman–Crippen MR) is 114 cm³/mol. The molecule has 11 heteroatoms. The van der Waals surface area contributed by atoms with E-state index in [0.717, 1.165) is 6.07 Å². The Morgan fingerprint density at radius 1 is 0.871 bits per heavy atom. The van der Waals surface area contributed by atoms with Crippen molar-refractivity contribution < 1.29 is 31.2 Å². The quantitative estimate of drug-likeness (QED) is 0.615. The fraction of sp³-hybridized carbons (Fsp3) is 0.400. The van der Waals surface area contributed by atoms with Crippen LogP contribution in [0.15, 0.2) is 46.2 Å². The molecule has 0 radical (unpaired) electrons. The maximum atomic E-state index is 14.0. The van der Waals surface area contributed by atoms with Crippen LogP contribution in [0.5, 0.6) is 17.2 Å². The van der Waals surface area contributed by atoms with Crippen molar-refractivity contribution >= 4 is 21.0 Å². The number of hydrogen-bond donors (Lipinski definition) is 0. The van der Waals surface area contributed by atoms with Gasteiger partial charge in [-0.1, -0.05) is 0 Å². The number of ether oxygens (including phenoxy) is 3. The summed E-state index contributed by atoms with van der Waals surface area (Å²) in [6.45, 7) is 1.09. The molecule has 8 nitrogen and oxygen atoms in total. The SMILES string of the molecule is COc1ccc(S(=O)(=O)N2CCCN(S(=O)c3ccc(OC)c(OC)c3)CC2)cc1F. The Balaban J connectivity index is 1.75. The molecule has 0 N–H and O–H groups in total. The van der Waals surface area contributed by atoms with Crippen molar-refractivity contribution in [1.82, 2.24) is 8.61 Å². The van der Waals surface area contributed by atoms with Gasteiger partial charge in [0.1, 0.15) is 11.0 Å². The minimum absolute atomic E-state index is 0.0219. The highest BCUT2D eigenvalue weighted by Gasteiger charge is 2.29. The van der Waals surface area contributed by atoms with E-state index < -0.39 is 26.8 Å². The fourth-order valence-corrected chi connectivity index (χ4v) is 6.02. The number of rotatable bonds is 7. The van der Waals surface area contributed by atoms with E-state index in [2.05, 4.69) is 0 Å². The van der Waals surface area contributed by atoms with Crippen molar-refractivity contribution in [2.24, 2.45) is 0 Å². The molecule has 2 aromatic carbocycles. The predicted octanol–water partition coefficient (Wildman–Crippen LogP) is 2.27. The highest BCUT2D eigenvalue weighted by Crippen LogP contribution is 2.30. The van der Waals surface area contributed by atoms with E-state index in [1.165, 1.54) is 37.8 Å². The minimum Gasteiger partial charge on any atom is -0.494 e. The van der Waals surface area contributed by atoms with Crippen molar-refractivity contribution in [2.75, 3.05) is 47.5 Å². The molecule has 1 fully saturated rings. The lowest BCUT2D eigenvalue weighted by molar-refractivity contribution is 0.353. The molecule has 0 saturated carbocycles. The molecule has 0 aromatic heterocycles. The number of benzene rings is 2. The van der Waals surface area contributed by atoms with Gasteiger partial charge in [0.05, 0.1) is 31.1 Å². The Labute approximate surface area is 184 Å². The highest BCUT2D eigenvalue weighted by atomic mass is 32.2. The summed E-state index contributed by atoms with van der Waals surface area (Å²) < 4.78 is 71.4. The zero-order chi connectivity index (χ0) is 22.6. The molecule has 1 atom stereocenters. The van der Waals surface area contributed by atoms with E-state index in [1.54, 1.807) is 22.5 Å². The fourth-order valence-electron chi connectivity index (χ4n) is 3.31. The molecule has 0 bridgehead atoms. The first-order valence-electron chi connectivity index (χ1n) is 9.54. The van der Waals surface area contributed by atoms with E-state index in [-0.39, 0.29) is 30.3 Å². The Morgan fingerprint density at radius 3 is 2.19 bits per heavy atom. The lowest BCUT2D eigenvalue weighted by atomic mass is 10.3. The largest absolute Gasteiger partial charge is 0.494 e. The zero-order valence-corrected chi connectivity index (χ0v) is 19.2. The van der Waals surface area contributed by atoms with E-state index in [4.69, 9.17) is 14.2 Å². The Hall–Kier alpha value is -2.21. The molecular weight excluding hydrogens is 447 g/mol. The van der Waals surface area contributed by atoms with Crippen LogP contribution >= 0.6 is 0 Å². The number of methoxy groups -OCH3 is 3. The van der Waals surface area contributed by atoms with Crippen molar-refractivity contribution in [3.8, 4) is 17.2 Å². The van der Waals surface area contributed by atoms with Crippen molar-refractivity contribution in [3.05, 3.63) is 42.2 Å². The maximum absolute atomic E-state index is 14.0. The number of halogens is 1. The van der Waals surface area contributed by atoms with Gasteiger partial charge in [-0.2, -0.15) is 4.31 Å². The van der Waals surface area contributed by atoms with Crippen molar-refractivity contribution in [1.29, 1.82) is 0 Å². The van der Waals surface area contributed by atoms with Crippen molar-refractivity contribution in [3.63, 3.8) is 0 Å². The van der Waals surface area contributed by atoms with Crippen LogP contribution in [0, 0.1) is 5.82 Å². The lowest BCUT2D eigenvalue weighted by Gasteiger charge is -2.21. The molecule has 1 aliphatic rings. The first-order valence-corrected chi connectivity index (χ1v) is 12.1. The molecule has 3 rings (SSSR count). The van der Waals surface area contributed by atoms with Gasteiger partial charge >= 0.3 is 0 Å². The molecule has 1 saturated heterocycles. The van der Waals surface area contributed by atoms with Crippen LogP contribution < -0.4 is 14.2 Å². The third-order valence-corrected chi connectivity index (χ3v) is 8.35. The van der Waals surface area contributed by atoms with Gasteiger partial charge in [-0.05, 0) is 36.8 Å². The molecule has 0 aliphatic carbocycles. The molecule has 0 spiro atoms. The second kappa shape index (κ2) is 9.94. The standard InChI is InChI=1S/C20H25FN2O6S2/c1-27-18-8-6-16(14-17(18)21)31(25,26)23-10-4-9-22(11-12-23)30(24)15-5-7-19(28-2)20(13-15)29-3/h5-8,13-14H,4,9-12H2,1-3H3. The second-order valence-corrected chi connectivity index (χ2v) is 10.2. The van der Waals surface area contributed by atoms with Crippen LogP contribution in [0.4, 0.5) is 4.39 Å². The highest BCUT2D eigenvalue weighted by molar-refractivity contribution is 7.89. The summed E-state index contributed by atoms with van der Waals surface area (Å²) >= 11 is 0. The summed E-state index contributed by atoms with van der Waals surface area (Å²) in [7, 11) is -1.05. The lowest BCUT2D eigenvalue weighted by Crippen LogP contribution is -2.35. The van der Waals surface area contributed by atoms with E-state index in [0.29, 0.717) is 29.4 Å². The van der Waals surface area contributed by atoms with Gasteiger partial charge in [0.2, 0.25) is 10.0 Å². The van der Waals surface area contributed by atoms with Crippen LogP contribution in [0.3, 0.4) is 0 Å². The summed E-state index contributed by atoms with van der Waals surface area (Å²) in [5.41, 5.74) is 0. The van der Waals surface area contributed by atoms with Crippen LogP contribution in [0.1, 0.15) is 6.42 Å². The van der Waals surface area contributed by atoms with Crippen LogP contribution in [-0.4, -0.2) is 68.7 Å². The smallest absolute Gasteiger partial charge is 0.243 e. The molecule has 170 valence electrons. The van der Waals surface area contributed by atoms with Crippen LogP contribution in [0.25, 0.3) is 0 Å². The Bertz CT molecular complexity index is 1060. The average molecular weight is 473 g/mol. The first-order chi connectivity index (χ1) is 14.8. The normalized spacial score (nSPS) is 17.0. The topological polar surface area (TPSA) is 85.4 Å².